The molecule has 0 saturated carbocycles. The molecule has 0 saturated heterocycles. The first kappa shape index (κ1) is 11.8. The van der Waals surface area contributed by atoms with E-state index in [1.54, 1.807) is 18.3 Å². The number of hydrogen-bond donors (Lipinski definition) is 2. The van der Waals surface area contributed by atoms with Crippen LogP contribution in [0, 0.1) is 6.92 Å². The molecule has 0 aromatic carbocycles. The fraction of sp³-hybridized carbons (Fsp3) is 0.167. The van der Waals surface area contributed by atoms with Crippen molar-refractivity contribution in [3.05, 3.63) is 45.9 Å². The average molecular weight is 248 g/mol. The first-order chi connectivity index (χ1) is 8.20. The van der Waals surface area contributed by atoms with Crippen LogP contribution in [0.3, 0.4) is 0 Å². The summed E-state index contributed by atoms with van der Waals surface area (Å²) in [6, 6.07) is 5.36. The van der Waals surface area contributed by atoms with Crippen molar-refractivity contribution in [2.45, 2.75) is 13.5 Å². The predicted octanol–water partition coefficient (Wildman–Crippen LogP) is 2.20. The minimum absolute atomic E-state index is 0.123. The second-order valence-corrected chi connectivity index (χ2v) is 4.84. The van der Waals surface area contributed by atoms with Crippen LogP contribution in [0.1, 0.15) is 20.1 Å². The Morgan fingerprint density at radius 3 is 2.94 bits per heavy atom. The van der Waals surface area contributed by atoms with E-state index in [2.05, 4.69) is 10.3 Å². The minimum Gasteiger partial charge on any atom is -0.392 e. The van der Waals surface area contributed by atoms with Gasteiger partial charge in [-0.05, 0) is 25.1 Å². The van der Waals surface area contributed by atoms with Gasteiger partial charge in [0.15, 0.2) is 0 Å². The monoisotopic (exact) mass is 248 g/mol. The second kappa shape index (κ2) is 5.07. The number of hydrogen-bond acceptors (Lipinski definition) is 4. The third kappa shape index (κ3) is 2.69. The van der Waals surface area contributed by atoms with Gasteiger partial charge in [0.05, 0.1) is 23.4 Å². The highest BCUT2D eigenvalue weighted by molar-refractivity contribution is 7.14. The van der Waals surface area contributed by atoms with Crippen molar-refractivity contribution in [1.82, 2.24) is 4.98 Å². The number of aliphatic hydroxyl groups is 1. The minimum atomic E-state index is -0.175. The van der Waals surface area contributed by atoms with Gasteiger partial charge in [-0.15, -0.1) is 11.3 Å². The maximum atomic E-state index is 11.9. The maximum absolute atomic E-state index is 11.9. The number of aliphatic hydroxyl groups excluding tert-OH is 1. The van der Waals surface area contributed by atoms with Gasteiger partial charge in [-0.2, -0.15) is 0 Å². The third-order valence-corrected chi connectivity index (χ3v) is 3.29. The predicted molar refractivity (Wildman–Crippen MR) is 67.2 cm³/mol. The van der Waals surface area contributed by atoms with Crippen molar-refractivity contribution in [2.75, 3.05) is 5.32 Å². The summed E-state index contributed by atoms with van der Waals surface area (Å²) in [6.45, 7) is 1.83. The summed E-state index contributed by atoms with van der Waals surface area (Å²) < 4.78 is 0. The van der Waals surface area contributed by atoms with Gasteiger partial charge in [-0.1, -0.05) is 0 Å². The van der Waals surface area contributed by atoms with E-state index < -0.39 is 0 Å². The quantitative estimate of drug-likeness (QED) is 0.875. The molecular weight excluding hydrogens is 236 g/mol. The number of aryl methyl sites for hydroxylation is 1. The molecule has 0 bridgehead atoms. The van der Waals surface area contributed by atoms with Crippen LogP contribution in [-0.4, -0.2) is 16.0 Å². The fourth-order valence-corrected chi connectivity index (χ4v) is 2.18. The van der Waals surface area contributed by atoms with Gasteiger partial charge in [0.2, 0.25) is 0 Å². The molecule has 2 N–H and O–H groups in total. The van der Waals surface area contributed by atoms with Gasteiger partial charge < -0.3 is 10.4 Å². The van der Waals surface area contributed by atoms with Crippen LogP contribution >= 0.6 is 11.3 Å². The van der Waals surface area contributed by atoms with E-state index in [1.807, 2.05) is 13.0 Å². The maximum Gasteiger partial charge on any atom is 0.265 e. The number of carbonyl (C=O) groups excluding carboxylic acids is 1. The lowest BCUT2D eigenvalue weighted by molar-refractivity contribution is 0.103. The summed E-state index contributed by atoms with van der Waals surface area (Å²) in [5.41, 5.74) is 1.20. The van der Waals surface area contributed by atoms with Crippen molar-refractivity contribution in [1.29, 1.82) is 0 Å². The molecule has 2 rings (SSSR count). The molecule has 17 heavy (non-hydrogen) atoms. The van der Waals surface area contributed by atoms with Crippen molar-refractivity contribution < 1.29 is 9.90 Å². The molecular formula is C12H12N2O2S. The van der Waals surface area contributed by atoms with Crippen LogP contribution in [0.2, 0.25) is 0 Å². The Labute approximate surface area is 103 Å². The van der Waals surface area contributed by atoms with Gasteiger partial charge in [-0.25, -0.2) is 0 Å². The van der Waals surface area contributed by atoms with Crippen molar-refractivity contribution in [2.24, 2.45) is 0 Å². The molecule has 2 aromatic rings. The fourth-order valence-electron chi connectivity index (χ4n) is 1.41. The Balaban J connectivity index is 2.18. The summed E-state index contributed by atoms with van der Waals surface area (Å²) in [5.74, 6) is -0.175. The zero-order chi connectivity index (χ0) is 12.3. The molecule has 4 nitrogen and oxygen atoms in total. The molecule has 5 heteroatoms. The largest absolute Gasteiger partial charge is 0.392 e. The van der Waals surface area contributed by atoms with Gasteiger partial charge in [0, 0.05) is 16.6 Å². The van der Waals surface area contributed by atoms with Crippen molar-refractivity contribution >= 4 is 22.9 Å². The number of aromatic nitrogens is 1. The molecule has 2 heterocycles. The second-order valence-electron chi connectivity index (χ2n) is 3.56. The standard InChI is InChI=1S/C12H12N2O2S/c1-8-2-3-11(17-8)12(16)14-10-6-13-5-4-9(10)7-15/h2-6,15H,7H2,1H3,(H,14,16). The van der Waals surface area contributed by atoms with Crippen LogP contribution in [-0.2, 0) is 6.61 Å². The Hall–Kier alpha value is -1.72. The third-order valence-electron chi connectivity index (χ3n) is 2.29. The van der Waals surface area contributed by atoms with Crippen molar-refractivity contribution in [3.63, 3.8) is 0 Å². The summed E-state index contributed by atoms with van der Waals surface area (Å²) >= 11 is 1.43. The van der Waals surface area contributed by atoms with E-state index in [1.165, 1.54) is 17.5 Å². The van der Waals surface area contributed by atoms with Crippen LogP contribution in [0.5, 0.6) is 0 Å². The Bertz CT molecular complexity index is 537. The van der Waals surface area contributed by atoms with Gasteiger partial charge in [-0.3, -0.25) is 9.78 Å². The number of pyridine rings is 1. The molecule has 0 atom stereocenters. The smallest absolute Gasteiger partial charge is 0.265 e. The van der Waals surface area contributed by atoms with E-state index in [4.69, 9.17) is 5.11 Å². The Kier molecular flexibility index (Phi) is 3.51. The average Bonchev–Trinajstić information content (AvgIpc) is 2.77. The number of rotatable bonds is 3. The normalized spacial score (nSPS) is 10.2. The summed E-state index contributed by atoms with van der Waals surface area (Å²) in [5, 5.41) is 11.9. The first-order valence-electron chi connectivity index (χ1n) is 5.12. The van der Waals surface area contributed by atoms with Crippen LogP contribution < -0.4 is 5.32 Å². The van der Waals surface area contributed by atoms with E-state index in [0.717, 1.165) is 4.88 Å². The highest BCUT2D eigenvalue weighted by Gasteiger charge is 2.10. The Morgan fingerprint density at radius 1 is 1.47 bits per heavy atom. The van der Waals surface area contributed by atoms with E-state index >= 15 is 0 Å². The van der Waals surface area contributed by atoms with Crippen LogP contribution in [0.4, 0.5) is 5.69 Å². The van der Waals surface area contributed by atoms with Crippen LogP contribution in [0.15, 0.2) is 30.6 Å². The Morgan fingerprint density at radius 2 is 2.29 bits per heavy atom. The van der Waals surface area contributed by atoms with Gasteiger partial charge in [0.1, 0.15) is 0 Å². The van der Waals surface area contributed by atoms with Gasteiger partial charge in [0.25, 0.3) is 5.91 Å². The number of anilines is 1. The molecule has 0 aliphatic rings. The molecule has 0 fully saturated rings. The zero-order valence-corrected chi connectivity index (χ0v) is 10.1. The van der Waals surface area contributed by atoms with E-state index in [0.29, 0.717) is 16.1 Å². The lowest BCUT2D eigenvalue weighted by atomic mass is 10.2. The van der Waals surface area contributed by atoms with Crippen LogP contribution in [0.25, 0.3) is 0 Å². The first-order valence-corrected chi connectivity index (χ1v) is 5.94. The highest BCUT2D eigenvalue weighted by Crippen LogP contribution is 2.19. The number of nitrogens with zero attached hydrogens (tertiary/aromatic N) is 1. The number of amides is 1. The lowest BCUT2D eigenvalue weighted by Gasteiger charge is -2.07. The number of carbonyl (C=O) groups is 1. The molecule has 0 aliphatic carbocycles. The molecule has 0 radical (unpaired) electrons. The van der Waals surface area contributed by atoms with Gasteiger partial charge >= 0.3 is 0 Å². The number of thiophene rings is 1. The van der Waals surface area contributed by atoms with Crippen molar-refractivity contribution in [3.8, 4) is 0 Å². The summed E-state index contributed by atoms with van der Waals surface area (Å²) in [7, 11) is 0. The molecule has 2 aromatic heterocycles. The molecule has 0 unspecified atom stereocenters. The number of nitrogens with one attached hydrogen (secondary N) is 1. The molecule has 0 aliphatic heterocycles. The molecule has 1 amide bonds. The molecule has 88 valence electrons. The lowest BCUT2D eigenvalue weighted by Crippen LogP contribution is -2.12. The zero-order valence-electron chi connectivity index (χ0n) is 9.30. The highest BCUT2D eigenvalue weighted by atomic mass is 32.1. The molecule has 0 spiro atoms. The van der Waals surface area contributed by atoms with E-state index in [9.17, 15) is 4.79 Å². The summed E-state index contributed by atoms with van der Waals surface area (Å²) in [6.07, 6.45) is 3.11. The van der Waals surface area contributed by atoms with E-state index in [-0.39, 0.29) is 12.5 Å². The summed E-state index contributed by atoms with van der Waals surface area (Å²) in [4.78, 5) is 17.5. The SMILES string of the molecule is Cc1ccc(C(=O)Nc2cnccc2CO)s1. The topological polar surface area (TPSA) is 62.2 Å².